The Kier molecular flexibility index (Phi) is 5.21. The first-order valence-electron chi connectivity index (χ1n) is 8.46. The van der Waals surface area contributed by atoms with Gasteiger partial charge in [-0.3, -0.25) is 9.59 Å². The summed E-state index contributed by atoms with van der Waals surface area (Å²) >= 11 is 5.96. The number of amides is 2. The number of carbonyl (C=O) groups excluding carboxylic acids is 2. The van der Waals surface area contributed by atoms with Gasteiger partial charge in [-0.25, -0.2) is 0 Å². The van der Waals surface area contributed by atoms with Crippen molar-refractivity contribution in [2.45, 2.75) is 32.1 Å². The van der Waals surface area contributed by atoms with E-state index in [1.807, 2.05) is 21.9 Å². The molecule has 0 aliphatic carbocycles. The minimum absolute atomic E-state index is 0.0556. The largest absolute Gasteiger partial charge is 0.342 e. The Morgan fingerprint density at radius 2 is 1.96 bits per heavy atom. The van der Waals surface area contributed by atoms with Gasteiger partial charge < -0.3 is 9.80 Å². The Morgan fingerprint density at radius 3 is 2.65 bits per heavy atom. The van der Waals surface area contributed by atoms with E-state index in [1.54, 1.807) is 12.1 Å². The van der Waals surface area contributed by atoms with Crippen molar-refractivity contribution in [3.8, 4) is 0 Å². The standard InChI is InChI=1S/C18H23ClN2O2/c19-16-5-3-4-15(12-16)18(23)20-10-7-14(8-11-20)13-21-9-2-1-6-17(21)22/h3-5,12,14H,1-2,6-11,13H2. The normalized spacial score (nSPS) is 20.0. The van der Waals surface area contributed by atoms with Gasteiger partial charge in [0.15, 0.2) is 0 Å². The number of rotatable bonds is 3. The van der Waals surface area contributed by atoms with Crippen LogP contribution in [-0.4, -0.2) is 47.8 Å². The van der Waals surface area contributed by atoms with E-state index in [0.29, 0.717) is 28.8 Å². The molecule has 0 N–H and O–H groups in total. The van der Waals surface area contributed by atoms with Gasteiger partial charge in [0.05, 0.1) is 0 Å². The molecular formula is C18H23ClN2O2. The van der Waals surface area contributed by atoms with Crippen molar-refractivity contribution in [3.63, 3.8) is 0 Å². The summed E-state index contributed by atoms with van der Waals surface area (Å²) in [5, 5.41) is 0.592. The third kappa shape index (κ3) is 4.05. The van der Waals surface area contributed by atoms with Crippen LogP contribution in [0, 0.1) is 5.92 Å². The third-order valence-electron chi connectivity index (χ3n) is 4.87. The molecule has 4 nitrogen and oxygen atoms in total. The molecule has 0 unspecified atom stereocenters. The van der Waals surface area contributed by atoms with E-state index >= 15 is 0 Å². The Hall–Kier alpha value is -1.55. The van der Waals surface area contributed by atoms with Gasteiger partial charge in [0.1, 0.15) is 0 Å². The number of halogens is 1. The minimum Gasteiger partial charge on any atom is -0.342 e. The van der Waals surface area contributed by atoms with Crippen LogP contribution in [0.3, 0.4) is 0 Å². The second-order valence-corrected chi connectivity index (χ2v) is 6.98. The third-order valence-corrected chi connectivity index (χ3v) is 5.11. The van der Waals surface area contributed by atoms with Crippen molar-refractivity contribution >= 4 is 23.4 Å². The smallest absolute Gasteiger partial charge is 0.253 e. The van der Waals surface area contributed by atoms with Gasteiger partial charge in [-0.05, 0) is 49.8 Å². The van der Waals surface area contributed by atoms with Crippen molar-refractivity contribution in [1.29, 1.82) is 0 Å². The van der Waals surface area contributed by atoms with Crippen LogP contribution in [0.2, 0.25) is 5.02 Å². The van der Waals surface area contributed by atoms with Crippen molar-refractivity contribution < 1.29 is 9.59 Å². The number of carbonyl (C=O) groups is 2. The predicted molar refractivity (Wildman–Crippen MR) is 90.5 cm³/mol. The molecule has 0 saturated carbocycles. The molecule has 2 fully saturated rings. The molecule has 1 aromatic rings. The number of hydrogen-bond acceptors (Lipinski definition) is 2. The molecule has 0 spiro atoms. The molecule has 23 heavy (non-hydrogen) atoms. The van der Waals surface area contributed by atoms with E-state index < -0.39 is 0 Å². The van der Waals surface area contributed by atoms with Crippen LogP contribution in [0.25, 0.3) is 0 Å². The Bertz CT molecular complexity index is 582. The van der Waals surface area contributed by atoms with Crippen molar-refractivity contribution in [3.05, 3.63) is 34.9 Å². The molecule has 2 saturated heterocycles. The van der Waals surface area contributed by atoms with Gasteiger partial charge in [-0.1, -0.05) is 17.7 Å². The fourth-order valence-electron chi connectivity index (χ4n) is 3.49. The fraction of sp³-hybridized carbons (Fsp3) is 0.556. The molecule has 2 aliphatic rings. The van der Waals surface area contributed by atoms with Crippen LogP contribution < -0.4 is 0 Å². The molecule has 0 bridgehead atoms. The minimum atomic E-state index is 0.0556. The second kappa shape index (κ2) is 7.35. The number of hydrogen-bond donors (Lipinski definition) is 0. The highest BCUT2D eigenvalue weighted by Crippen LogP contribution is 2.23. The zero-order valence-corrected chi connectivity index (χ0v) is 14.1. The SMILES string of the molecule is O=C1CCCCN1CC1CCN(C(=O)c2cccc(Cl)c2)CC1. The molecular weight excluding hydrogens is 312 g/mol. The zero-order chi connectivity index (χ0) is 16.2. The van der Waals surface area contributed by atoms with E-state index in [-0.39, 0.29) is 5.91 Å². The predicted octanol–water partition coefficient (Wildman–Crippen LogP) is 3.20. The first-order valence-corrected chi connectivity index (χ1v) is 8.84. The maximum Gasteiger partial charge on any atom is 0.253 e. The highest BCUT2D eigenvalue weighted by atomic mass is 35.5. The maximum absolute atomic E-state index is 12.5. The van der Waals surface area contributed by atoms with Gasteiger partial charge in [0, 0.05) is 43.2 Å². The van der Waals surface area contributed by atoms with Crippen LogP contribution in [0.4, 0.5) is 0 Å². The van der Waals surface area contributed by atoms with Crippen molar-refractivity contribution in [2.24, 2.45) is 5.92 Å². The molecule has 2 heterocycles. The topological polar surface area (TPSA) is 40.6 Å². The number of nitrogens with zero attached hydrogens (tertiary/aromatic N) is 2. The summed E-state index contributed by atoms with van der Waals surface area (Å²) in [6.07, 6.45) is 4.79. The number of benzene rings is 1. The highest BCUT2D eigenvalue weighted by Gasteiger charge is 2.27. The molecule has 0 atom stereocenters. The molecule has 0 aromatic heterocycles. The van der Waals surface area contributed by atoms with E-state index in [0.717, 1.165) is 51.9 Å². The summed E-state index contributed by atoms with van der Waals surface area (Å²) in [4.78, 5) is 28.3. The van der Waals surface area contributed by atoms with Crippen LogP contribution in [0.5, 0.6) is 0 Å². The average Bonchev–Trinajstić information content (AvgIpc) is 2.57. The lowest BCUT2D eigenvalue weighted by molar-refractivity contribution is -0.134. The number of likely N-dealkylation sites (tertiary alicyclic amines) is 2. The molecule has 2 aliphatic heterocycles. The lowest BCUT2D eigenvalue weighted by Crippen LogP contribution is -2.44. The van der Waals surface area contributed by atoms with E-state index in [9.17, 15) is 9.59 Å². The number of piperidine rings is 2. The first kappa shape index (κ1) is 16.3. The molecule has 5 heteroatoms. The summed E-state index contributed by atoms with van der Waals surface area (Å²) in [6.45, 7) is 3.29. The lowest BCUT2D eigenvalue weighted by atomic mass is 9.94. The monoisotopic (exact) mass is 334 g/mol. The van der Waals surface area contributed by atoms with Crippen LogP contribution in [-0.2, 0) is 4.79 Å². The average molecular weight is 335 g/mol. The van der Waals surface area contributed by atoms with Gasteiger partial charge in [0.25, 0.3) is 5.91 Å². The summed E-state index contributed by atoms with van der Waals surface area (Å²) in [5.41, 5.74) is 0.655. The maximum atomic E-state index is 12.5. The van der Waals surface area contributed by atoms with Gasteiger partial charge in [-0.15, -0.1) is 0 Å². The van der Waals surface area contributed by atoms with Gasteiger partial charge >= 0.3 is 0 Å². The quantitative estimate of drug-likeness (QED) is 0.851. The molecule has 124 valence electrons. The van der Waals surface area contributed by atoms with E-state index in [1.165, 1.54) is 0 Å². The summed E-state index contributed by atoms with van der Waals surface area (Å²) < 4.78 is 0. The Labute approximate surface area is 142 Å². The summed E-state index contributed by atoms with van der Waals surface area (Å²) in [6, 6.07) is 7.12. The van der Waals surface area contributed by atoms with Gasteiger partial charge in [-0.2, -0.15) is 0 Å². The Morgan fingerprint density at radius 1 is 1.17 bits per heavy atom. The second-order valence-electron chi connectivity index (χ2n) is 6.54. The molecule has 3 rings (SSSR count). The molecule has 2 amide bonds. The molecule has 0 radical (unpaired) electrons. The zero-order valence-electron chi connectivity index (χ0n) is 13.3. The summed E-state index contributed by atoms with van der Waals surface area (Å²) in [7, 11) is 0. The van der Waals surface area contributed by atoms with E-state index in [2.05, 4.69) is 0 Å². The van der Waals surface area contributed by atoms with Gasteiger partial charge in [0.2, 0.25) is 5.91 Å². The first-order chi connectivity index (χ1) is 11.1. The van der Waals surface area contributed by atoms with Crippen LogP contribution in [0.1, 0.15) is 42.5 Å². The van der Waals surface area contributed by atoms with E-state index in [4.69, 9.17) is 11.6 Å². The summed E-state index contributed by atoms with van der Waals surface area (Å²) in [5.74, 6) is 0.870. The fourth-order valence-corrected chi connectivity index (χ4v) is 3.68. The lowest BCUT2D eigenvalue weighted by Gasteiger charge is -2.36. The highest BCUT2D eigenvalue weighted by molar-refractivity contribution is 6.30. The van der Waals surface area contributed by atoms with Crippen molar-refractivity contribution in [2.75, 3.05) is 26.2 Å². The molecule has 1 aromatic carbocycles. The van der Waals surface area contributed by atoms with Crippen LogP contribution in [0.15, 0.2) is 24.3 Å². The Balaban J connectivity index is 1.52. The van der Waals surface area contributed by atoms with Crippen molar-refractivity contribution in [1.82, 2.24) is 9.80 Å². The van der Waals surface area contributed by atoms with Crippen LogP contribution >= 0.6 is 11.6 Å².